The molecule has 1 unspecified atom stereocenters. The lowest BCUT2D eigenvalue weighted by Crippen LogP contribution is -2.26. The van der Waals surface area contributed by atoms with E-state index in [1.807, 2.05) is 6.92 Å². The minimum atomic E-state index is -4.12. The summed E-state index contributed by atoms with van der Waals surface area (Å²) in [4.78, 5) is 20.2. The van der Waals surface area contributed by atoms with Crippen LogP contribution >= 0.6 is 7.82 Å². The van der Waals surface area contributed by atoms with Crippen LogP contribution in [0.15, 0.2) is 0 Å². The fraction of sp³-hybridized carbons (Fsp3) is 0.889. The predicted molar refractivity (Wildman–Crippen MR) is 62.9 cm³/mol. The van der Waals surface area contributed by atoms with E-state index in [9.17, 15) is 9.36 Å². The highest BCUT2D eigenvalue weighted by Crippen LogP contribution is 2.42. The number of phosphoric ester groups is 1. The molecule has 0 amide bonds. The number of aliphatic hydroxyl groups excluding tert-OH is 1. The largest absolute Gasteiger partial charge is 0.472 e. The van der Waals surface area contributed by atoms with Crippen LogP contribution < -0.4 is 0 Å². The number of carbonyl (C=O) groups excluding carboxylic acids is 1. The summed E-state index contributed by atoms with van der Waals surface area (Å²) >= 11 is 0. The smallest absolute Gasteiger partial charge is 0.457 e. The van der Waals surface area contributed by atoms with Crippen molar-refractivity contribution in [2.75, 3.05) is 19.8 Å². The Labute approximate surface area is 106 Å². The van der Waals surface area contributed by atoms with Gasteiger partial charge in [0.15, 0.2) is 0 Å². The zero-order valence-corrected chi connectivity index (χ0v) is 11.4. The summed E-state index contributed by atoms with van der Waals surface area (Å²) in [5.41, 5.74) is 0. The molecule has 0 aromatic heterocycles. The number of hydrogen-bond donors (Lipinski definition) is 2. The normalized spacial score (nSPS) is 15.3. The molecule has 0 rings (SSSR count). The first-order valence-corrected chi connectivity index (χ1v) is 6.86. The molecule has 4 N–H and O–H groups in total. The van der Waals surface area contributed by atoms with E-state index in [1.165, 1.54) is 6.92 Å². The number of rotatable bonds is 9. The standard InChI is InChI=1S/C9H19O7P.H2O/c1-3-5-9(11)16-8(6-10)7-15-17(12,13)14-4-2;/h8,10H,3-7H2,1-2H3,(H,12,13);1H2/t8-;/m1./s1. The maximum atomic E-state index is 11.1. The highest BCUT2D eigenvalue weighted by Gasteiger charge is 2.23. The van der Waals surface area contributed by atoms with Gasteiger partial charge in [-0.3, -0.25) is 13.8 Å². The first-order valence-electron chi connectivity index (χ1n) is 5.37. The Morgan fingerprint density at radius 1 is 1.33 bits per heavy atom. The van der Waals surface area contributed by atoms with Crippen molar-refractivity contribution in [2.45, 2.75) is 32.8 Å². The average molecular weight is 288 g/mol. The van der Waals surface area contributed by atoms with Crippen molar-refractivity contribution in [3.8, 4) is 0 Å². The van der Waals surface area contributed by atoms with Gasteiger partial charge < -0.3 is 20.2 Å². The van der Waals surface area contributed by atoms with Crippen LogP contribution in [-0.2, 0) is 23.1 Å². The number of aliphatic hydroxyl groups is 1. The molecule has 0 aliphatic rings. The second-order valence-electron chi connectivity index (χ2n) is 3.23. The van der Waals surface area contributed by atoms with Crippen molar-refractivity contribution in [3.63, 3.8) is 0 Å². The summed E-state index contributed by atoms with van der Waals surface area (Å²) in [5, 5.41) is 8.90. The van der Waals surface area contributed by atoms with E-state index >= 15 is 0 Å². The Morgan fingerprint density at radius 3 is 2.39 bits per heavy atom. The van der Waals surface area contributed by atoms with Gasteiger partial charge >= 0.3 is 13.8 Å². The van der Waals surface area contributed by atoms with Gasteiger partial charge in [0.2, 0.25) is 0 Å². The SMILES string of the molecule is CCCC(=O)O[C@H](CO)COP(=O)(O)OCC.O. The molecule has 0 bridgehead atoms. The molecule has 0 aromatic carbocycles. The van der Waals surface area contributed by atoms with Gasteiger partial charge in [-0.25, -0.2) is 4.57 Å². The molecule has 0 heterocycles. The molecule has 110 valence electrons. The van der Waals surface area contributed by atoms with Crippen molar-refractivity contribution >= 4 is 13.8 Å². The molecule has 0 radical (unpaired) electrons. The molecule has 0 aliphatic heterocycles. The van der Waals surface area contributed by atoms with Crippen LogP contribution in [0.25, 0.3) is 0 Å². The van der Waals surface area contributed by atoms with Gasteiger partial charge in [0.1, 0.15) is 6.10 Å². The molecule has 8 nitrogen and oxygen atoms in total. The van der Waals surface area contributed by atoms with Crippen molar-refractivity contribution in [1.82, 2.24) is 0 Å². The second kappa shape index (κ2) is 10.4. The summed E-state index contributed by atoms with van der Waals surface area (Å²) in [5.74, 6) is -0.487. The van der Waals surface area contributed by atoms with E-state index in [1.54, 1.807) is 0 Å². The third-order valence-electron chi connectivity index (χ3n) is 1.67. The monoisotopic (exact) mass is 288 g/mol. The first-order chi connectivity index (χ1) is 7.95. The molecule has 0 fully saturated rings. The lowest BCUT2D eigenvalue weighted by Gasteiger charge is -2.17. The molecule has 0 spiro atoms. The molecular formula is C9H21O8P. The van der Waals surface area contributed by atoms with Crippen LogP contribution in [0.4, 0.5) is 0 Å². The highest BCUT2D eigenvalue weighted by atomic mass is 31.2. The quantitative estimate of drug-likeness (QED) is 0.451. The maximum absolute atomic E-state index is 11.1. The fourth-order valence-corrected chi connectivity index (χ4v) is 1.71. The Bertz CT molecular complexity index is 269. The zero-order valence-electron chi connectivity index (χ0n) is 10.5. The molecule has 0 aliphatic carbocycles. The van der Waals surface area contributed by atoms with Gasteiger partial charge in [0.25, 0.3) is 0 Å². The summed E-state index contributed by atoms with van der Waals surface area (Å²) in [6.07, 6.45) is -0.122. The predicted octanol–water partition coefficient (Wildman–Crippen LogP) is 0.0194. The Balaban J connectivity index is 0. The molecule has 0 saturated heterocycles. The van der Waals surface area contributed by atoms with Crippen LogP contribution in [0.1, 0.15) is 26.7 Å². The summed E-state index contributed by atoms with van der Waals surface area (Å²) in [6, 6.07) is 0. The average Bonchev–Trinajstić information content (AvgIpc) is 2.24. The zero-order chi connectivity index (χ0) is 13.3. The molecule has 0 aromatic rings. The number of esters is 1. The van der Waals surface area contributed by atoms with E-state index in [2.05, 4.69) is 9.05 Å². The minimum absolute atomic E-state index is 0. The lowest BCUT2D eigenvalue weighted by atomic mass is 10.3. The molecule has 0 saturated carbocycles. The van der Waals surface area contributed by atoms with Gasteiger partial charge in [-0.2, -0.15) is 0 Å². The van der Waals surface area contributed by atoms with Crippen LogP contribution in [0.3, 0.4) is 0 Å². The number of phosphoric acid groups is 1. The Kier molecular flexibility index (Phi) is 11.5. The lowest BCUT2D eigenvalue weighted by molar-refractivity contribution is -0.153. The van der Waals surface area contributed by atoms with Gasteiger partial charge in [0.05, 0.1) is 19.8 Å². The van der Waals surface area contributed by atoms with Gasteiger partial charge in [-0.1, -0.05) is 6.92 Å². The summed E-state index contributed by atoms with van der Waals surface area (Å²) in [6.45, 7) is 2.49. The molecule has 2 atom stereocenters. The van der Waals surface area contributed by atoms with Crippen LogP contribution in [0.5, 0.6) is 0 Å². The summed E-state index contributed by atoms with van der Waals surface area (Å²) in [7, 11) is -4.12. The van der Waals surface area contributed by atoms with Gasteiger partial charge in [-0.15, -0.1) is 0 Å². The van der Waals surface area contributed by atoms with Crippen LogP contribution in [-0.4, -0.2) is 47.4 Å². The number of hydrogen-bond acceptors (Lipinski definition) is 6. The van der Waals surface area contributed by atoms with Crippen molar-refractivity contribution in [3.05, 3.63) is 0 Å². The van der Waals surface area contributed by atoms with E-state index in [0.717, 1.165) is 0 Å². The van der Waals surface area contributed by atoms with Crippen LogP contribution in [0.2, 0.25) is 0 Å². The van der Waals surface area contributed by atoms with E-state index in [-0.39, 0.29) is 25.1 Å². The van der Waals surface area contributed by atoms with E-state index in [0.29, 0.717) is 6.42 Å². The number of ether oxygens (including phenoxy) is 1. The van der Waals surface area contributed by atoms with Crippen molar-refractivity contribution in [1.29, 1.82) is 0 Å². The molecule has 18 heavy (non-hydrogen) atoms. The van der Waals surface area contributed by atoms with Gasteiger partial charge in [-0.05, 0) is 13.3 Å². The topological polar surface area (TPSA) is 134 Å². The third-order valence-corrected chi connectivity index (χ3v) is 2.73. The Hall–Kier alpha value is -0.500. The third kappa shape index (κ3) is 9.52. The van der Waals surface area contributed by atoms with E-state index < -0.39 is 26.5 Å². The maximum Gasteiger partial charge on any atom is 0.472 e. The second-order valence-corrected chi connectivity index (χ2v) is 4.68. The fourth-order valence-electron chi connectivity index (χ4n) is 0.951. The first kappa shape index (κ1) is 19.8. The Morgan fingerprint density at radius 2 is 1.94 bits per heavy atom. The molecular weight excluding hydrogens is 267 g/mol. The molecule has 9 heteroatoms. The van der Waals surface area contributed by atoms with Crippen molar-refractivity contribution < 1.29 is 38.6 Å². The van der Waals surface area contributed by atoms with Crippen molar-refractivity contribution in [2.24, 2.45) is 0 Å². The number of carbonyl (C=O) groups is 1. The van der Waals surface area contributed by atoms with E-state index in [4.69, 9.17) is 14.7 Å². The van der Waals surface area contributed by atoms with Crippen LogP contribution in [0, 0.1) is 0 Å². The van der Waals surface area contributed by atoms with Gasteiger partial charge in [0, 0.05) is 6.42 Å². The summed E-state index contributed by atoms with van der Waals surface area (Å²) < 4.78 is 24.9. The highest BCUT2D eigenvalue weighted by molar-refractivity contribution is 7.47. The minimum Gasteiger partial charge on any atom is -0.457 e.